The molecule has 2 nitrogen and oxygen atoms in total. The number of hydrogen-bond donors (Lipinski definition) is 0. The van der Waals surface area contributed by atoms with Crippen LogP contribution in [0.15, 0.2) is 79.0 Å². The minimum Gasteiger partial charge on any atom is -0.473 e. The number of hydrogen-bond acceptors (Lipinski definition) is 2. The number of halogens is 2. The second-order valence-electron chi connectivity index (χ2n) is 10.0. The summed E-state index contributed by atoms with van der Waals surface area (Å²) in [6, 6.07) is 21.9. The zero-order valence-corrected chi connectivity index (χ0v) is 22.5. The number of pyridine rings is 1. The summed E-state index contributed by atoms with van der Waals surface area (Å²) in [6.45, 7) is 4.61. The second kappa shape index (κ2) is 13.9. The van der Waals surface area contributed by atoms with E-state index in [1.807, 2.05) is 61.5 Å². The van der Waals surface area contributed by atoms with Crippen LogP contribution in [0.3, 0.4) is 0 Å². The van der Waals surface area contributed by atoms with Gasteiger partial charge < -0.3 is 4.74 Å². The van der Waals surface area contributed by atoms with Crippen LogP contribution in [0.1, 0.15) is 68.6 Å². The summed E-state index contributed by atoms with van der Waals surface area (Å²) in [7, 11) is 0. The first-order chi connectivity index (χ1) is 18.5. The molecule has 0 radical (unpaired) electrons. The lowest BCUT2D eigenvalue weighted by atomic mass is 9.97. The highest BCUT2D eigenvalue weighted by atomic mass is 19.1. The standard InChI is InChI=1S/C34H37F2NO/c1-3-4-5-6-7-8-9-10-28-16-17-30(22-32(28)35)31-19-18-29(21-33(31)36)27-14-12-26(13-15-27)24-38-34-20-11-25(2)23-37-34/h11-23H,3-10,24H2,1-2H3. The normalized spacial score (nSPS) is 11.1. The molecule has 0 fully saturated rings. The fourth-order valence-corrected chi connectivity index (χ4v) is 4.61. The molecule has 0 saturated carbocycles. The lowest BCUT2D eigenvalue weighted by molar-refractivity contribution is 0.294. The molecule has 4 heteroatoms. The van der Waals surface area contributed by atoms with E-state index in [9.17, 15) is 4.39 Å². The van der Waals surface area contributed by atoms with Crippen molar-refractivity contribution in [1.82, 2.24) is 4.98 Å². The third kappa shape index (κ3) is 7.74. The summed E-state index contributed by atoms with van der Waals surface area (Å²) in [4.78, 5) is 4.25. The predicted octanol–water partition coefficient (Wildman–Crippen LogP) is 9.87. The van der Waals surface area contributed by atoms with Crippen molar-refractivity contribution in [3.63, 3.8) is 0 Å². The van der Waals surface area contributed by atoms with Gasteiger partial charge in [0.15, 0.2) is 0 Å². The Kier molecular flexibility index (Phi) is 10.0. The van der Waals surface area contributed by atoms with Gasteiger partial charge in [0.2, 0.25) is 5.88 Å². The minimum absolute atomic E-state index is 0.254. The highest BCUT2D eigenvalue weighted by molar-refractivity contribution is 5.71. The summed E-state index contributed by atoms with van der Waals surface area (Å²) >= 11 is 0. The van der Waals surface area contributed by atoms with Gasteiger partial charge in [-0.3, -0.25) is 0 Å². The molecule has 0 amide bonds. The zero-order valence-electron chi connectivity index (χ0n) is 22.5. The Labute approximate surface area is 225 Å². The molecule has 198 valence electrons. The van der Waals surface area contributed by atoms with Gasteiger partial charge in [0, 0.05) is 17.8 Å². The molecule has 38 heavy (non-hydrogen) atoms. The van der Waals surface area contributed by atoms with Crippen LogP contribution in [0.25, 0.3) is 22.3 Å². The zero-order chi connectivity index (χ0) is 26.7. The van der Waals surface area contributed by atoms with Gasteiger partial charge in [-0.05, 0) is 65.3 Å². The molecule has 0 saturated heterocycles. The fourth-order valence-electron chi connectivity index (χ4n) is 4.61. The largest absolute Gasteiger partial charge is 0.473 e. The molecule has 3 aromatic carbocycles. The van der Waals surface area contributed by atoms with E-state index >= 15 is 4.39 Å². The Morgan fingerprint density at radius 3 is 2.05 bits per heavy atom. The number of nitrogens with zero attached hydrogens (tertiary/aromatic N) is 1. The van der Waals surface area contributed by atoms with Crippen molar-refractivity contribution in [3.05, 3.63) is 107 Å². The van der Waals surface area contributed by atoms with Crippen molar-refractivity contribution in [2.45, 2.75) is 71.8 Å². The van der Waals surface area contributed by atoms with Gasteiger partial charge in [0.25, 0.3) is 0 Å². The third-order valence-corrected chi connectivity index (χ3v) is 6.94. The molecule has 0 aliphatic heterocycles. The highest BCUT2D eigenvalue weighted by Crippen LogP contribution is 2.30. The average Bonchev–Trinajstić information content (AvgIpc) is 2.93. The first kappa shape index (κ1) is 27.5. The lowest BCUT2D eigenvalue weighted by Crippen LogP contribution is -1.97. The molecule has 1 heterocycles. The smallest absolute Gasteiger partial charge is 0.213 e. The molecule has 0 aliphatic rings. The van der Waals surface area contributed by atoms with E-state index in [4.69, 9.17) is 4.74 Å². The van der Waals surface area contributed by atoms with Crippen LogP contribution in [0, 0.1) is 18.6 Å². The SMILES string of the molecule is CCCCCCCCCc1ccc(-c2ccc(-c3ccc(COc4ccc(C)cn4)cc3)cc2F)cc1F. The van der Waals surface area contributed by atoms with Crippen LogP contribution in [0.2, 0.25) is 0 Å². The summed E-state index contributed by atoms with van der Waals surface area (Å²) in [6.07, 6.45) is 10.9. The summed E-state index contributed by atoms with van der Waals surface area (Å²) in [5.41, 5.74) is 5.44. The van der Waals surface area contributed by atoms with Gasteiger partial charge in [-0.1, -0.05) is 100 Å². The number of aromatic nitrogens is 1. The summed E-state index contributed by atoms with van der Waals surface area (Å²) < 4.78 is 35.6. The Bertz CT molecular complexity index is 1300. The van der Waals surface area contributed by atoms with Crippen molar-refractivity contribution >= 4 is 0 Å². The monoisotopic (exact) mass is 513 g/mol. The maximum atomic E-state index is 15.1. The van der Waals surface area contributed by atoms with Gasteiger partial charge in [-0.2, -0.15) is 0 Å². The number of rotatable bonds is 13. The van der Waals surface area contributed by atoms with Gasteiger partial charge in [-0.25, -0.2) is 13.8 Å². The molecule has 0 spiro atoms. The molecule has 0 aliphatic carbocycles. The van der Waals surface area contributed by atoms with Crippen LogP contribution in [-0.2, 0) is 13.0 Å². The molecular weight excluding hydrogens is 476 g/mol. The van der Waals surface area contributed by atoms with Crippen molar-refractivity contribution in [1.29, 1.82) is 0 Å². The van der Waals surface area contributed by atoms with E-state index < -0.39 is 0 Å². The van der Waals surface area contributed by atoms with Crippen LogP contribution in [0.5, 0.6) is 5.88 Å². The van der Waals surface area contributed by atoms with Crippen molar-refractivity contribution in [2.75, 3.05) is 0 Å². The fraction of sp³-hybridized carbons (Fsp3) is 0.324. The molecule has 0 atom stereocenters. The summed E-state index contributed by atoms with van der Waals surface area (Å²) in [5.74, 6) is -0.0326. The Morgan fingerprint density at radius 1 is 0.684 bits per heavy atom. The van der Waals surface area contributed by atoms with Gasteiger partial charge in [0.05, 0.1) is 0 Å². The van der Waals surface area contributed by atoms with E-state index in [2.05, 4.69) is 11.9 Å². The van der Waals surface area contributed by atoms with E-state index in [1.165, 1.54) is 44.2 Å². The Balaban J connectivity index is 1.34. The Hall–Kier alpha value is -3.53. The molecule has 0 unspecified atom stereocenters. The van der Waals surface area contributed by atoms with Gasteiger partial charge in [-0.15, -0.1) is 0 Å². The topological polar surface area (TPSA) is 22.1 Å². The van der Waals surface area contributed by atoms with E-state index in [0.29, 0.717) is 29.2 Å². The number of ether oxygens (including phenoxy) is 1. The number of aryl methyl sites for hydroxylation is 2. The molecule has 0 N–H and O–H groups in total. The van der Waals surface area contributed by atoms with Crippen molar-refractivity contribution in [2.24, 2.45) is 0 Å². The molecule has 0 bridgehead atoms. The molecule has 4 aromatic rings. The van der Waals surface area contributed by atoms with E-state index in [0.717, 1.165) is 41.5 Å². The maximum absolute atomic E-state index is 15.1. The average molecular weight is 514 g/mol. The highest BCUT2D eigenvalue weighted by Gasteiger charge is 2.11. The predicted molar refractivity (Wildman–Crippen MR) is 152 cm³/mol. The quantitative estimate of drug-likeness (QED) is 0.166. The first-order valence-electron chi connectivity index (χ1n) is 13.8. The summed E-state index contributed by atoms with van der Waals surface area (Å²) in [5, 5.41) is 0. The van der Waals surface area contributed by atoms with Crippen LogP contribution < -0.4 is 4.74 Å². The van der Waals surface area contributed by atoms with Crippen molar-refractivity contribution in [3.8, 4) is 28.1 Å². The van der Waals surface area contributed by atoms with Gasteiger partial charge >= 0.3 is 0 Å². The first-order valence-corrected chi connectivity index (χ1v) is 13.8. The maximum Gasteiger partial charge on any atom is 0.213 e. The van der Waals surface area contributed by atoms with Crippen LogP contribution >= 0.6 is 0 Å². The molecule has 1 aromatic heterocycles. The number of unbranched alkanes of at least 4 members (excludes halogenated alkanes) is 6. The third-order valence-electron chi connectivity index (χ3n) is 6.94. The minimum atomic E-state index is -0.361. The number of benzene rings is 3. The van der Waals surface area contributed by atoms with E-state index in [1.54, 1.807) is 12.3 Å². The van der Waals surface area contributed by atoms with Crippen LogP contribution in [0.4, 0.5) is 8.78 Å². The lowest BCUT2D eigenvalue weighted by Gasteiger charge is -2.10. The molecule has 4 rings (SSSR count). The van der Waals surface area contributed by atoms with Crippen molar-refractivity contribution < 1.29 is 13.5 Å². The Morgan fingerprint density at radius 2 is 1.37 bits per heavy atom. The molecular formula is C34H37F2NO. The second-order valence-corrected chi connectivity index (χ2v) is 10.0. The van der Waals surface area contributed by atoms with Gasteiger partial charge in [0.1, 0.15) is 18.2 Å². The van der Waals surface area contributed by atoms with Crippen LogP contribution in [-0.4, -0.2) is 4.98 Å². The van der Waals surface area contributed by atoms with E-state index in [-0.39, 0.29) is 11.6 Å².